The van der Waals surface area contributed by atoms with Crippen molar-refractivity contribution < 1.29 is 19.8 Å². The SMILES string of the molecule is CCCCCCCCCCCCCCCCCCCCCCCCCCCC(C(=O)O)C(=O)O. The molecule has 0 unspecified atom stereocenters. The molecule has 0 aliphatic carbocycles. The van der Waals surface area contributed by atoms with Crippen molar-refractivity contribution in [1.29, 1.82) is 0 Å². The summed E-state index contributed by atoms with van der Waals surface area (Å²) in [6.07, 6.45) is 33.7. The quantitative estimate of drug-likeness (QED) is 0.0859. The smallest absolute Gasteiger partial charge is 0.317 e. The molecule has 0 aliphatic rings. The Bertz CT molecular complexity index is 435. The van der Waals surface area contributed by atoms with Crippen LogP contribution in [0.4, 0.5) is 0 Å². The van der Waals surface area contributed by atoms with E-state index in [-0.39, 0.29) is 6.42 Å². The molecule has 0 fully saturated rings. The summed E-state index contributed by atoms with van der Waals surface area (Å²) in [5.74, 6) is -3.65. The Morgan fingerprint density at radius 3 is 0.824 bits per heavy atom. The van der Waals surface area contributed by atoms with Crippen molar-refractivity contribution >= 4 is 11.9 Å². The van der Waals surface area contributed by atoms with Gasteiger partial charge in [0.05, 0.1) is 0 Å². The second-order valence-electron chi connectivity index (χ2n) is 10.5. The molecule has 0 radical (unpaired) electrons. The molecule has 0 bridgehead atoms. The van der Waals surface area contributed by atoms with E-state index in [1.54, 1.807) is 0 Å². The van der Waals surface area contributed by atoms with Gasteiger partial charge in [-0.2, -0.15) is 0 Å². The van der Waals surface area contributed by atoms with Gasteiger partial charge in [-0.1, -0.05) is 167 Å². The predicted molar refractivity (Wildman–Crippen MR) is 144 cm³/mol. The molecule has 0 aromatic rings. The Kier molecular flexibility index (Phi) is 25.7. The van der Waals surface area contributed by atoms with E-state index in [1.165, 1.54) is 141 Å². The molecule has 0 aliphatic heterocycles. The number of aliphatic carboxylic acids is 2. The molecule has 4 heteroatoms. The summed E-state index contributed by atoms with van der Waals surface area (Å²) >= 11 is 0. The molecule has 0 heterocycles. The minimum absolute atomic E-state index is 0.254. The molecule has 0 aromatic heterocycles. The first kappa shape index (κ1) is 32.9. The lowest BCUT2D eigenvalue weighted by atomic mass is 10.00. The van der Waals surface area contributed by atoms with Crippen LogP contribution in [0, 0.1) is 5.92 Å². The van der Waals surface area contributed by atoms with Gasteiger partial charge in [-0.25, -0.2) is 0 Å². The molecule has 0 rings (SSSR count). The number of hydrogen-bond donors (Lipinski definition) is 2. The zero-order valence-electron chi connectivity index (χ0n) is 22.7. The molecule has 0 saturated carbocycles. The molecule has 0 atom stereocenters. The molecule has 202 valence electrons. The van der Waals surface area contributed by atoms with E-state index >= 15 is 0 Å². The summed E-state index contributed by atoms with van der Waals surface area (Å²) in [4.78, 5) is 21.7. The first-order valence-electron chi connectivity index (χ1n) is 15.0. The van der Waals surface area contributed by atoms with Gasteiger partial charge in [-0.3, -0.25) is 9.59 Å². The molecule has 34 heavy (non-hydrogen) atoms. The maximum Gasteiger partial charge on any atom is 0.317 e. The van der Waals surface area contributed by atoms with Gasteiger partial charge in [-0.15, -0.1) is 0 Å². The first-order valence-corrected chi connectivity index (χ1v) is 15.0. The van der Waals surface area contributed by atoms with Gasteiger partial charge in [0.1, 0.15) is 0 Å². The maximum absolute atomic E-state index is 10.8. The third-order valence-corrected chi connectivity index (χ3v) is 7.19. The highest BCUT2D eigenvalue weighted by Crippen LogP contribution is 2.16. The van der Waals surface area contributed by atoms with Crippen LogP contribution in [0.5, 0.6) is 0 Å². The van der Waals surface area contributed by atoms with Gasteiger partial charge in [0, 0.05) is 0 Å². The van der Waals surface area contributed by atoms with E-state index in [9.17, 15) is 9.59 Å². The lowest BCUT2D eigenvalue weighted by molar-refractivity contribution is -0.154. The Labute approximate surface area is 211 Å². The predicted octanol–water partition coefficient (Wildman–Crippen LogP) is 9.93. The lowest BCUT2D eigenvalue weighted by Gasteiger charge is -2.07. The minimum Gasteiger partial charge on any atom is -0.481 e. The molecular weight excluding hydrogens is 424 g/mol. The van der Waals surface area contributed by atoms with Crippen LogP contribution in [0.15, 0.2) is 0 Å². The fraction of sp³-hybridized carbons (Fsp3) is 0.933. The van der Waals surface area contributed by atoms with Crippen molar-refractivity contribution in [2.45, 2.75) is 174 Å². The molecule has 0 saturated heterocycles. The van der Waals surface area contributed by atoms with Gasteiger partial charge < -0.3 is 10.2 Å². The fourth-order valence-corrected chi connectivity index (χ4v) is 4.84. The van der Waals surface area contributed by atoms with Crippen LogP contribution in [0.1, 0.15) is 174 Å². The first-order chi connectivity index (χ1) is 16.6. The van der Waals surface area contributed by atoms with Gasteiger partial charge >= 0.3 is 11.9 Å². The molecule has 0 spiro atoms. The van der Waals surface area contributed by atoms with Crippen molar-refractivity contribution in [2.24, 2.45) is 5.92 Å². The van der Waals surface area contributed by atoms with Crippen LogP contribution in [-0.2, 0) is 9.59 Å². The molecule has 0 aromatic carbocycles. The summed E-state index contributed by atoms with van der Waals surface area (Å²) in [5.41, 5.74) is 0. The summed E-state index contributed by atoms with van der Waals surface area (Å²) in [5, 5.41) is 17.7. The number of unbranched alkanes of at least 4 members (excludes halogenated alkanes) is 24. The number of carbonyl (C=O) groups is 2. The van der Waals surface area contributed by atoms with E-state index in [4.69, 9.17) is 10.2 Å². The van der Waals surface area contributed by atoms with E-state index in [0.29, 0.717) is 6.42 Å². The van der Waals surface area contributed by atoms with Crippen molar-refractivity contribution in [3.05, 3.63) is 0 Å². The van der Waals surface area contributed by atoms with Crippen LogP contribution in [0.2, 0.25) is 0 Å². The summed E-state index contributed by atoms with van der Waals surface area (Å²) in [6.45, 7) is 2.29. The third-order valence-electron chi connectivity index (χ3n) is 7.19. The molecular formula is C30H58O4. The summed E-state index contributed by atoms with van der Waals surface area (Å²) in [6, 6.07) is 0. The normalized spacial score (nSPS) is 11.4. The largest absolute Gasteiger partial charge is 0.481 e. The van der Waals surface area contributed by atoms with E-state index in [2.05, 4.69) is 6.92 Å². The average Bonchev–Trinajstić information content (AvgIpc) is 2.80. The lowest BCUT2D eigenvalue weighted by Crippen LogP contribution is -2.23. The van der Waals surface area contributed by atoms with Crippen molar-refractivity contribution in [1.82, 2.24) is 0 Å². The average molecular weight is 483 g/mol. The van der Waals surface area contributed by atoms with Crippen LogP contribution < -0.4 is 0 Å². The minimum atomic E-state index is -1.23. The fourth-order valence-electron chi connectivity index (χ4n) is 4.84. The Hall–Kier alpha value is -1.06. The summed E-state index contributed by atoms with van der Waals surface area (Å²) in [7, 11) is 0. The van der Waals surface area contributed by atoms with Crippen LogP contribution in [0.25, 0.3) is 0 Å². The number of carboxylic acids is 2. The topological polar surface area (TPSA) is 74.6 Å². The zero-order valence-corrected chi connectivity index (χ0v) is 22.7. The number of rotatable bonds is 28. The van der Waals surface area contributed by atoms with Gasteiger partial charge in [0.2, 0.25) is 0 Å². The van der Waals surface area contributed by atoms with Crippen LogP contribution >= 0.6 is 0 Å². The second-order valence-corrected chi connectivity index (χ2v) is 10.5. The second kappa shape index (κ2) is 26.5. The third kappa shape index (κ3) is 24.1. The van der Waals surface area contributed by atoms with Crippen LogP contribution in [-0.4, -0.2) is 22.2 Å². The van der Waals surface area contributed by atoms with E-state index in [1.807, 2.05) is 0 Å². The molecule has 0 amide bonds. The van der Waals surface area contributed by atoms with Crippen molar-refractivity contribution in [3.8, 4) is 0 Å². The Morgan fingerprint density at radius 2 is 0.618 bits per heavy atom. The highest BCUT2D eigenvalue weighted by molar-refractivity contribution is 5.92. The monoisotopic (exact) mass is 482 g/mol. The van der Waals surface area contributed by atoms with Crippen molar-refractivity contribution in [3.63, 3.8) is 0 Å². The van der Waals surface area contributed by atoms with Crippen LogP contribution in [0.3, 0.4) is 0 Å². The van der Waals surface area contributed by atoms with E-state index < -0.39 is 17.9 Å². The van der Waals surface area contributed by atoms with Gasteiger partial charge in [-0.05, 0) is 6.42 Å². The number of hydrogen-bond acceptors (Lipinski definition) is 2. The highest BCUT2D eigenvalue weighted by Gasteiger charge is 2.24. The van der Waals surface area contributed by atoms with E-state index in [0.717, 1.165) is 12.8 Å². The standard InChI is InChI=1S/C30H58O4/c1-2-3-4-5-6-7-8-9-10-11-12-13-14-15-16-17-18-19-20-21-22-23-24-25-26-27-28(29(31)32)30(33)34/h28H,2-27H2,1H3,(H,31,32)(H,33,34). The molecule has 4 nitrogen and oxygen atoms in total. The van der Waals surface area contributed by atoms with Gasteiger partial charge in [0.15, 0.2) is 5.92 Å². The maximum atomic E-state index is 10.8. The summed E-state index contributed by atoms with van der Waals surface area (Å²) < 4.78 is 0. The molecule has 2 N–H and O–H groups in total. The van der Waals surface area contributed by atoms with Crippen molar-refractivity contribution in [2.75, 3.05) is 0 Å². The Balaban J connectivity index is 3.14. The zero-order chi connectivity index (χ0) is 25.1. The highest BCUT2D eigenvalue weighted by atomic mass is 16.4. The number of carboxylic acid groups (broad SMARTS) is 2. The Morgan fingerprint density at radius 1 is 0.412 bits per heavy atom. The van der Waals surface area contributed by atoms with Gasteiger partial charge in [0.25, 0.3) is 0 Å².